The Morgan fingerprint density at radius 2 is 2.16 bits per heavy atom. The molecule has 7 heteroatoms. The summed E-state index contributed by atoms with van der Waals surface area (Å²) in [5.41, 5.74) is 5.70. The van der Waals surface area contributed by atoms with Crippen LogP contribution in [0.25, 0.3) is 0 Å². The molecule has 0 saturated carbocycles. The summed E-state index contributed by atoms with van der Waals surface area (Å²) in [6.45, 7) is 5.76. The van der Waals surface area contributed by atoms with Crippen LogP contribution in [0.1, 0.15) is 42.7 Å². The zero-order chi connectivity index (χ0) is 14.6. The molecule has 0 fully saturated rings. The fraction of sp³-hybridized carbons (Fsp3) is 0.583. The molecule has 0 aliphatic rings. The van der Waals surface area contributed by atoms with E-state index < -0.39 is 18.0 Å². The Kier molecular flexibility index (Phi) is 5.35. The predicted octanol–water partition coefficient (Wildman–Crippen LogP) is 1.68. The van der Waals surface area contributed by atoms with Crippen LogP contribution in [0.4, 0.5) is 0 Å². The maximum Gasteiger partial charge on any atom is 0.343 e. The first-order chi connectivity index (χ1) is 8.88. The number of rotatable bonds is 6. The van der Waals surface area contributed by atoms with Gasteiger partial charge in [0.2, 0.25) is 0 Å². The zero-order valence-corrected chi connectivity index (χ0v) is 12.0. The number of amides is 1. The van der Waals surface area contributed by atoms with Gasteiger partial charge in [0.15, 0.2) is 6.10 Å². The van der Waals surface area contributed by atoms with Gasteiger partial charge in [-0.15, -0.1) is 0 Å². The first-order valence-electron chi connectivity index (χ1n) is 6.11. The van der Waals surface area contributed by atoms with Gasteiger partial charge in [0, 0.05) is 6.54 Å². The molecule has 0 unspecified atom stereocenters. The smallest absolute Gasteiger partial charge is 0.343 e. The number of nitrogens with two attached hydrogens (primary N) is 1. The van der Waals surface area contributed by atoms with Crippen LogP contribution in [-0.2, 0) is 16.1 Å². The normalized spacial score (nSPS) is 12.2. The van der Waals surface area contributed by atoms with Gasteiger partial charge in [-0.3, -0.25) is 9.48 Å². The first kappa shape index (κ1) is 15.5. The molecule has 1 atom stereocenters. The average Bonchev–Trinajstić information content (AvgIpc) is 2.61. The van der Waals surface area contributed by atoms with Crippen LogP contribution in [0, 0.1) is 6.92 Å². The Balaban J connectivity index is 2.91. The molecule has 1 amide bonds. The molecule has 6 nitrogen and oxygen atoms in total. The highest BCUT2D eigenvalue weighted by Crippen LogP contribution is 2.21. The fourth-order valence-corrected chi connectivity index (χ4v) is 1.86. The quantitative estimate of drug-likeness (QED) is 0.806. The molecule has 106 valence electrons. The molecule has 19 heavy (non-hydrogen) atoms. The summed E-state index contributed by atoms with van der Waals surface area (Å²) in [6.07, 6.45) is 0.905. The third kappa shape index (κ3) is 3.70. The van der Waals surface area contributed by atoms with Gasteiger partial charge in [0.05, 0.1) is 5.69 Å². The highest BCUT2D eigenvalue weighted by Gasteiger charge is 2.24. The fourth-order valence-electron chi connectivity index (χ4n) is 1.52. The highest BCUT2D eigenvalue weighted by molar-refractivity contribution is 6.32. The van der Waals surface area contributed by atoms with Crippen molar-refractivity contribution in [3.05, 3.63) is 16.4 Å². The lowest BCUT2D eigenvalue weighted by molar-refractivity contribution is -0.125. The van der Waals surface area contributed by atoms with Crippen LogP contribution in [0.5, 0.6) is 0 Å². The summed E-state index contributed by atoms with van der Waals surface area (Å²) in [4.78, 5) is 22.8. The number of unbranched alkanes of at least 4 members (excludes halogenated alkanes) is 1. The standard InChI is InChI=1S/C12H18ClN3O3/c1-4-5-6-16-10(13)9(7(2)15-16)12(18)19-8(3)11(14)17/h8H,4-6H2,1-3H3,(H2,14,17)/t8-/m1/s1. The number of primary amides is 1. The molecule has 1 aromatic rings. The molecular formula is C12H18ClN3O3. The molecule has 0 bridgehead atoms. The Labute approximate surface area is 116 Å². The van der Waals surface area contributed by atoms with Crippen LogP contribution in [0.2, 0.25) is 5.15 Å². The van der Waals surface area contributed by atoms with E-state index in [2.05, 4.69) is 5.10 Å². The van der Waals surface area contributed by atoms with Crippen molar-refractivity contribution in [3.8, 4) is 0 Å². The van der Waals surface area contributed by atoms with Gasteiger partial charge in [-0.2, -0.15) is 5.10 Å². The molecule has 2 N–H and O–H groups in total. The van der Waals surface area contributed by atoms with E-state index in [9.17, 15) is 9.59 Å². The van der Waals surface area contributed by atoms with Gasteiger partial charge in [-0.05, 0) is 20.3 Å². The number of nitrogens with zero attached hydrogens (tertiary/aromatic N) is 2. The van der Waals surface area contributed by atoms with Gasteiger partial charge >= 0.3 is 5.97 Å². The molecule has 1 heterocycles. The Morgan fingerprint density at radius 3 is 2.68 bits per heavy atom. The lowest BCUT2D eigenvalue weighted by Crippen LogP contribution is -2.30. The van der Waals surface area contributed by atoms with Crippen LogP contribution in [0.15, 0.2) is 0 Å². The molecule has 0 aromatic carbocycles. The largest absolute Gasteiger partial charge is 0.449 e. The van der Waals surface area contributed by atoms with Crippen LogP contribution in [-0.4, -0.2) is 27.8 Å². The van der Waals surface area contributed by atoms with Crippen LogP contribution in [0.3, 0.4) is 0 Å². The Hall–Kier alpha value is -1.56. The number of ether oxygens (including phenoxy) is 1. The summed E-state index contributed by atoms with van der Waals surface area (Å²) in [7, 11) is 0. The van der Waals surface area contributed by atoms with Gasteiger partial charge in [0.25, 0.3) is 5.91 Å². The van der Waals surface area contributed by atoms with E-state index in [1.807, 2.05) is 6.92 Å². The maximum atomic E-state index is 11.9. The third-order valence-electron chi connectivity index (χ3n) is 2.68. The molecular weight excluding hydrogens is 270 g/mol. The first-order valence-corrected chi connectivity index (χ1v) is 6.49. The number of hydrogen-bond donors (Lipinski definition) is 1. The molecule has 0 spiro atoms. The topological polar surface area (TPSA) is 87.2 Å². The molecule has 0 radical (unpaired) electrons. The van der Waals surface area contributed by atoms with Crippen molar-refractivity contribution in [2.45, 2.75) is 46.3 Å². The van der Waals surface area contributed by atoms with E-state index in [-0.39, 0.29) is 10.7 Å². The zero-order valence-electron chi connectivity index (χ0n) is 11.3. The van der Waals surface area contributed by atoms with Crippen molar-refractivity contribution >= 4 is 23.5 Å². The van der Waals surface area contributed by atoms with Crippen molar-refractivity contribution in [1.82, 2.24) is 9.78 Å². The molecule has 0 aliphatic carbocycles. The molecule has 1 aromatic heterocycles. The van der Waals surface area contributed by atoms with Crippen molar-refractivity contribution in [3.63, 3.8) is 0 Å². The third-order valence-corrected chi connectivity index (χ3v) is 3.06. The summed E-state index contributed by atoms with van der Waals surface area (Å²) in [5.74, 6) is -1.39. The summed E-state index contributed by atoms with van der Waals surface area (Å²) < 4.78 is 6.49. The van der Waals surface area contributed by atoms with Gasteiger partial charge in [-0.25, -0.2) is 4.79 Å². The second-order valence-corrected chi connectivity index (χ2v) is 4.64. The van der Waals surface area contributed by atoms with E-state index in [4.69, 9.17) is 22.1 Å². The molecule has 1 rings (SSSR count). The molecule has 0 saturated heterocycles. The Morgan fingerprint density at radius 1 is 1.53 bits per heavy atom. The summed E-state index contributed by atoms with van der Waals surface area (Å²) >= 11 is 6.11. The van der Waals surface area contributed by atoms with E-state index >= 15 is 0 Å². The number of aryl methyl sites for hydroxylation is 2. The average molecular weight is 288 g/mol. The van der Waals surface area contributed by atoms with Crippen LogP contribution >= 0.6 is 11.6 Å². The number of carbonyl (C=O) groups excluding carboxylic acids is 2. The van der Waals surface area contributed by atoms with Gasteiger partial charge in [0.1, 0.15) is 10.7 Å². The number of hydrogen-bond acceptors (Lipinski definition) is 4. The van der Waals surface area contributed by atoms with E-state index in [0.717, 1.165) is 12.8 Å². The van der Waals surface area contributed by atoms with Gasteiger partial charge < -0.3 is 10.5 Å². The lowest BCUT2D eigenvalue weighted by atomic mass is 10.2. The maximum absolute atomic E-state index is 11.9. The monoisotopic (exact) mass is 287 g/mol. The second kappa shape index (κ2) is 6.56. The second-order valence-electron chi connectivity index (χ2n) is 4.28. The van der Waals surface area contributed by atoms with E-state index in [0.29, 0.717) is 12.2 Å². The predicted molar refractivity (Wildman–Crippen MR) is 71.0 cm³/mol. The minimum absolute atomic E-state index is 0.186. The minimum atomic E-state index is -0.998. The number of aromatic nitrogens is 2. The number of halogens is 1. The van der Waals surface area contributed by atoms with Crippen molar-refractivity contribution in [2.75, 3.05) is 0 Å². The summed E-state index contributed by atoms with van der Waals surface area (Å²) in [6, 6.07) is 0. The van der Waals surface area contributed by atoms with E-state index in [1.165, 1.54) is 6.92 Å². The Bertz CT molecular complexity index is 485. The number of esters is 1. The van der Waals surface area contributed by atoms with Crippen molar-refractivity contribution in [1.29, 1.82) is 0 Å². The van der Waals surface area contributed by atoms with E-state index in [1.54, 1.807) is 11.6 Å². The highest BCUT2D eigenvalue weighted by atomic mass is 35.5. The number of carbonyl (C=O) groups is 2. The van der Waals surface area contributed by atoms with Crippen molar-refractivity contribution in [2.24, 2.45) is 5.73 Å². The lowest BCUT2D eigenvalue weighted by Gasteiger charge is -2.09. The minimum Gasteiger partial charge on any atom is -0.449 e. The molecule has 0 aliphatic heterocycles. The summed E-state index contributed by atoms with van der Waals surface area (Å²) in [5, 5.41) is 4.42. The van der Waals surface area contributed by atoms with Crippen molar-refractivity contribution < 1.29 is 14.3 Å². The van der Waals surface area contributed by atoms with Gasteiger partial charge in [-0.1, -0.05) is 24.9 Å². The van der Waals surface area contributed by atoms with Crippen LogP contribution < -0.4 is 5.73 Å². The SMILES string of the molecule is CCCCn1nc(C)c(C(=O)O[C@H](C)C(N)=O)c1Cl.